The van der Waals surface area contributed by atoms with Crippen LogP contribution in [0.15, 0.2) is 0 Å². The molecule has 0 saturated carbocycles. The van der Waals surface area contributed by atoms with E-state index in [-0.39, 0.29) is 0 Å². The van der Waals surface area contributed by atoms with Crippen molar-refractivity contribution in [2.24, 2.45) is 5.92 Å². The third-order valence-corrected chi connectivity index (χ3v) is 3.23. The molecule has 3 atom stereocenters. The summed E-state index contributed by atoms with van der Waals surface area (Å²) in [6.07, 6.45) is 1.34. The Labute approximate surface area is 94.2 Å². The highest BCUT2D eigenvalue weighted by Gasteiger charge is 2.27. The zero-order valence-corrected chi connectivity index (χ0v) is 10.6. The molecule has 0 aromatic carbocycles. The molecule has 15 heavy (non-hydrogen) atoms. The Hall–Kier alpha value is -0.120. The summed E-state index contributed by atoms with van der Waals surface area (Å²) in [5.41, 5.74) is 0. The van der Waals surface area contributed by atoms with Gasteiger partial charge in [-0.2, -0.15) is 0 Å². The van der Waals surface area contributed by atoms with Gasteiger partial charge in [-0.05, 0) is 25.8 Å². The van der Waals surface area contributed by atoms with Crippen LogP contribution in [0.1, 0.15) is 27.2 Å². The number of hydrogen-bond acceptors (Lipinski definition) is 3. The van der Waals surface area contributed by atoms with Crippen molar-refractivity contribution in [3.63, 3.8) is 0 Å². The van der Waals surface area contributed by atoms with Gasteiger partial charge in [-0.1, -0.05) is 13.8 Å². The Balaban J connectivity index is 2.36. The standard InChI is InChI=1S/C12H26N2O/c1-5-13-12(9-15-4)8-14-7-10(2)6-11(14)3/h10-13H,5-9H2,1-4H3. The maximum absolute atomic E-state index is 5.24. The Morgan fingerprint density at radius 3 is 2.67 bits per heavy atom. The summed E-state index contributed by atoms with van der Waals surface area (Å²) in [6.45, 7) is 11.0. The van der Waals surface area contributed by atoms with Crippen LogP contribution >= 0.6 is 0 Å². The van der Waals surface area contributed by atoms with Crippen LogP contribution in [0.25, 0.3) is 0 Å². The average Bonchev–Trinajstić information content (AvgIpc) is 2.46. The maximum atomic E-state index is 5.24. The van der Waals surface area contributed by atoms with E-state index in [1.54, 1.807) is 7.11 Å². The molecule has 0 amide bonds. The van der Waals surface area contributed by atoms with Gasteiger partial charge in [0, 0.05) is 32.3 Å². The summed E-state index contributed by atoms with van der Waals surface area (Å²) in [6, 6.07) is 1.21. The average molecular weight is 214 g/mol. The molecule has 3 nitrogen and oxygen atoms in total. The Morgan fingerprint density at radius 2 is 2.20 bits per heavy atom. The molecule has 0 radical (unpaired) electrons. The molecule has 3 heteroatoms. The SMILES string of the molecule is CCNC(COC)CN1CC(C)CC1C. The van der Waals surface area contributed by atoms with Crippen molar-refractivity contribution in [2.45, 2.75) is 39.3 Å². The van der Waals surface area contributed by atoms with E-state index in [4.69, 9.17) is 4.74 Å². The summed E-state index contributed by atoms with van der Waals surface area (Å²) in [7, 11) is 1.78. The van der Waals surface area contributed by atoms with Gasteiger partial charge in [0.15, 0.2) is 0 Å². The number of rotatable bonds is 6. The molecule has 0 spiro atoms. The lowest BCUT2D eigenvalue weighted by Gasteiger charge is -2.27. The number of nitrogens with one attached hydrogen (secondary N) is 1. The first-order chi connectivity index (χ1) is 7.17. The van der Waals surface area contributed by atoms with Crippen molar-refractivity contribution in [1.82, 2.24) is 10.2 Å². The van der Waals surface area contributed by atoms with Crippen LogP contribution in [0.5, 0.6) is 0 Å². The van der Waals surface area contributed by atoms with E-state index in [1.807, 2.05) is 0 Å². The second kappa shape index (κ2) is 6.46. The van der Waals surface area contributed by atoms with E-state index in [2.05, 4.69) is 31.0 Å². The van der Waals surface area contributed by atoms with Crippen molar-refractivity contribution < 1.29 is 4.74 Å². The van der Waals surface area contributed by atoms with E-state index in [0.717, 1.165) is 31.7 Å². The number of likely N-dealkylation sites (tertiary alicyclic amines) is 1. The van der Waals surface area contributed by atoms with Crippen LogP contribution in [0.3, 0.4) is 0 Å². The molecule has 90 valence electrons. The molecule has 3 unspecified atom stereocenters. The molecule has 1 heterocycles. The third kappa shape index (κ3) is 4.09. The normalized spacial score (nSPS) is 29.6. The van der Waals surface area contributed by atoms with Crippen LogP contribution < -0.4 is 5.32 Å². The summed E-state index contributed by atoms with van der Waals surface area (Å²) >= 11 is 0. The van der Waals surface area contributed by atoms with Gasteiger partial charge in [-0.25, -0.2) is 0 Å². The van der Waals surface area contributed by atoms with Gasteiger partial charge in [-0.15, -0.1) is 0 Å². The van der Waals surface area contributed by atoms with Crippen molar-refractivity contribution in [2.75, 3.05) is 33.4 Å². The van der Waals surface area contributed by atoms with Gasteiger partial charge in [0.1, 0.15) is 0 Å². The highest BCUT2D eigenvalue weighted by molar-refractivity contribution is 4.83. The fourth-order valence-corrected chi connectivity index (χ4v) is 2.59. The number of hydrogen-bond donors (Lipinski definition) is 1. The fraction of sp³-hybridized carbons (Fsp3) is 1.00. The first-order valence-electron chi connectivity index (χ1n) is 6.13. The largest absolute Gasteiger partial charge is 0.383 e. The molecule has 1 saturated heterocycles. The summed E-state index contributed by atoms with van der Waals surface area (Å²) in [4.78, 5) is 2.58. The van der Waals surface area contributed by atoms with Crippen LogP contribution in [-0.4, -0.2) is 50.3 Å². The Bertz CT molecular complexity index is 169. The van der Waals surface area contributed by atoms with Crippen molar-refractivity contribution in [3.8, 4) is 0 Å². The summed E-state index contributed by atoms with van der Waals surface area (Å²) < 4.78 is 5.24. The van der Waals surface area contributed by atoms with Gasteiger partial charge in [0.25, 0.3) is 0 Å². The van der Waals surface area contributed by atoms with E-state index >= 15 is 0 Å². The lowest BCUT2D eigenvalue weighted by Crippen LogP contribution is -2.44. The minimum absolute atomic E-state index is 0.479. The number of ether oxygens (including phenoxy) is 1. The molecular weight excluding hydrogens is 188 g/mol. The van der Waals surface area contributed by atoms with Gasteiger partial charge in [0.05, 0.1) is 6.61 Å². The minimum Gasteiger partial charge on any atom is -0.383 e. The first-order valence-corrected chi connectivity index (χ1v) is 6.13. The van der Waals surface area contributed by atoms with E-state index in [9.17, 15) is 0 Å². The molecule has 1 fully saturated rings. The fourth-order valence-electron chi connectivity index (χ4n) is 2.59. The molecule has 0 aromatic rings. The quantitative estimate of drug-likeness (QED) is 0.722. The molecule has 0 aromatic heterocycles. The van der Waals surface area contributed by atoms with Crippen molar-refractivity contribution >= 4 is 0 Å². The lowest BCUT2D eigenvalue weighted by atomic mass is 10.1. The third-order valence-electron chi connectivity index (χ3n) is 3.23. The summed E-state index contributed by atoms with van der Waals surface area (Å²) in [5.74, 6) is 0.852. The van der Waals surface area contributed by atoms with Crippen LogP contribution in [-0.2, 0) is 4.74 Å². The van der Waals surface area contributed by atoms with Gasteiger partial charge < -0.3 is 10.1 Å². The first kappa shape index (κ1) is 12.9. The smallest absolute Gasteiger partial charge is 0.0628 e. The second-order valence-electron chi connectivity index (χ2n) is 4.85. The molecule has 0 bridgehead atoms. The second-order valence-corrected chi connectivity index (χ2v) is 4.85. The van der Waals surface area contributed by atoms with Crippen LogP contribution in [0, 0.1) is 5.92 Å². The van der Waals surface area contributed by atoms with E-state index < -0.39 is 0 Å². The molecule has 1 rings (SSSR count). The lowest BCUT2D eigenvalue weighted by molar-refractivity contribution is 0.136. The van der Waals surface area contributed by atoms with Gasteiger partial charge >= 0.3 is 0 Å². The minimum atomic E-state index is 0.479. The number of methoxy groups -OCH3 is 1. The maximum Gasteiger partial charge on any atom is 0.0628 e. The van der Waals surface area contributed by atoms with Gasteiger partial charge in [-0.3, -0.25) is 4.90 Å². The van der Waals surface area contributed by atoms with Crippen LogP contribution in [0.4, 0.5) is 0 Å². The molecule has 1 aliphatic heterocycles. The highest BCUT2D eigenvalue weighted by Crippen LogP contribution is 2.22. The van der Waals surface area contributed by atoms with Crippen molar-refractivity contribution in [1.29, 1.82) is 0 Å². The highest BCUT2D eigenvalue weighted by atomic mass is 16.5. The monoisotopic (exact) mass is 214 g/mol. The Kier molecular flexibility index (Phi) is 5.58. The zero-order valence-electron chi connectivity index (χ0n) is 10.6. The predicted molar refractivity (Wildman–Crippen MR) is 64.2 cm³/mol. The Morgan fingerprint density at radius 1 is 1.47 bits per heavy atom. The van der Waals surface area contributed by atoms with E-state index in [0.29, 0.717) is 6.04 Å². The predicted octanol–water partition coefficient (Wildman–Crippen LogP) is 1.34. The van der Waals surface area contributed by atoms with Gasteiger partial charge in [0.2, 0.25) is 0 Å². The molecular formula is C12H26N2O. The number of likely N-dealkylation sites (N-methyl/N-ethyl adjacent to an activating group) is 1. The van der Waals surface area contributed by atoms with Crippen molar-refractivity contribution in [3.05, 3.63) is 0 Å². The zero-order chi connectivity index (χ0) is 11.3. The van der Waals surface area contributed by atoms with E-state index in [1.165, 1.54) is 13.0 Å². The topological polar surface area (TPSA) is 24.5 Å². The van der Waals surface area contributed by atoms with Crippen LogP contribution in [0.2, 0.25) is 0 Å². The molecule has 1 aliphatic rings. The number of nitrogens with zero attached hydrogens (tertiary/aromatic N) is 1. The summed E-state index contributed by atoms with van der Waals surface area (Å²) in [5, 5.41) is 3.48. The molecule has 0 aliphatic carbocycles. The molecule has 1 N–H and O–H groups in total.